The van der Waals surface area contributed by atoms with Crippen molar-refractivity contribution in [3.05, 3.63) is 92.1 Å². The van der Waals surface area contributed by atoms with Gasteiger partial charge in [0.25, 0.3) is 5.56 Å². The number of aromatic nitrogens is 1. The quantitative estimate of drug-likeness (QED) is 0.343. The number of amides is 1. The van der Waals surface area contributed by atoms with Gasteiger partial charge < -0.3 is 15.0 Å². The topological polar surface area (TPSA) is 88.4 Å². The summed E-state index contributed by atoms with van der Waals surface area (Å²) in [6.45, 7) is 11.0. The van der Waals surface area contributed by atoms with E-state index in [0.717, 1.165) is 22.3 Å². The molecule has 0 aliphatic heterocycles. The van der Waals surface area contributed by atoms with Gasteiger partial charge in [-0.3, -0.25) is 14.4 Å². The number of carboxylic acids is 1. The molecule has 0 fully saturated rings. The highest BCUT2D eigenvalue weighted by Crippen LogP contribution is 2.36. The second kappa shape index (κ2) is 12.1. The molecule has 0 saturated heterocycles. The summed E-state index contributed by atoms with van der Waals surface area (Å²) in [6.07, 6.45) is 7.14. The van der Waals surface area contributed by atoms with Gasteiger partial charge in [0.05, 0.1) is 12.5 Å². The van der Waals surface area contributed by atoms with Crippen LogP contribution in [0.2, 0.25) is 0 Å². The highest BCUT2D eigenvalue weighted by molar-refractivity contribution is 5.83. The molecule has 7 heteroatoms. The minimum atomic E-state index is -1.21. The van der Waals surface area contributed by atoms with Crippen LogP contribution >= 0.6 is 0 Å². The van der Waals surface area contributed by atoms with Crippen molar-refractivity contribution in [1.82, 2.24) is 9.88 Å². The molecule has 0 bridgehead atoms. The molecule has 2 atom stereocenters. The molecule has 0 aliphatic carbocycles. The summed E-state index contributed by atoms with van der Waals surface area (Å²) >= 11 is 0. The first-order chi connectivity index (χ1) is 18.3. The molecule has 2 aromatic carbocycles. The number of carbonyl (C=O) groups excluding carboxylic acids is 1. The van der Waals surface area contributed by atoms with E-state index in [1.54, 1.807) is 32.2 Å². The Hall–Kier alpha value is -4.18. The van der Waals surface area contributed by atoms with Crippen LogP contribution in [-0.4, -0.2) is 21.6 Å². The van der Waals surface area contributed by atoms with Gasteiger partial charge in [-0.05, 0) is 80.0 Å². The van der Waals surface area contributed by atoms with E-state index < -0.39 is 36.2 Å². The number of carboxylic acid groups (broad SMARTS) is 1. The summed E-state index contributed by atoms with van der Waals surface area (Å²) in [5.41, 5.74) is 4.30. The number of nitrogens with one attached hydrogen (secondary N) is 1. The Labute approximate surface area is 228 Å². The normalized spacial score (nSPS) is 12.6. The highest BCUT2D eigenvalue weighted by Gasteiger charge is 2.30. The smallest absolute Gasteiger partial charge is 0.305 e. The number of aryl methyl sites for hydroxylation is 3. The maximum absolute atomic E-state index is 15.8. The predicted octanol–water partition coefficient (Wildman–Crippen LogP) is 5.79. The van der Waals surface area contributed by atoms with E-state index in [1.807, 2.05) is 45.9 Å². The van der Waals surface area contributed by atoms with Gasteiger partial charge in [0.1, 0.15) is 11.9 Å². The van der Waals surface area contributed by atoms with Crippen LogP contribution in [0.15, 0.2) is 47.4 Å². The number of pyridine rings is 1. The minimum Gasteiger partial charge on any atom is -0.481 e. The Morgan fingerprint density at radius 1 is 1.10 bits per heavy atom. The molecule has 0 saturated carbocycles. The van der Waals surface area contributed by atoms with Gasteiger partial charge in [-0.15, -0.1) is 6.42 Å². The Morgan fingerprint density at radius 3 is 2.28 bits per heavy atom. The first-order valence-electron chi connectivity index (χ1n) is 12.9. The number of benzene rings is 2. The molecule has 1 amide bonds. The van der Waals surface area contributed by atoms with Crippen molar-refractivity contribution in [2.75, 3.05) is 0 Å². The number of aliphatic carboxylic acids is 1. The van der Waals surface area contributed by atoms with Crippen molar-refractivity contribution in [2.45, 2.75) is 66.5 Å². The van der Waals surface area contributed by atoms with Crippen LogP contribution in [0.3, 0.4) is 0 Å². The van der Waals surface area contributed by atoms with Crippen molar-refractivity contribution < 1.29 is 19.1 Å². The Morgan fingerprint density at radius 2 is 1.74 bits per heavy atom. The standard InChI is InChI=1S/C32H35FN2O4/c1-8-23-22(7)31(33)25(16-24(23)30-20(5)10-9-11-21(30)6)26(17-29(37)38)34-32(39)27(14-18(2)3)35-13-12-19(4)15-28(35)36/h1,9-13,15-16,18,26-27H,14,17H2,2-7H3,(H,34,39)(H,37,38)/t26-,27+/m1/s1. The zero-order valence-corrected chi connectivity index (χ0v) is 23.3. The summed E-state index contributed by atoms with van der Waals surface area (Å²) in [5.74, 6) is 0.208. The zero-order chi connectivity index (χ0) is 29.0. The molecule has 6 nitrogen and oxygen atoms in total. The maximum Gasteiger partial charge on any atom is 0.305 e. The molecule has 0 aliphatic rings. The lowest BCUT2D eigenvalue weighted by molar-refractivity contribution is -0.138. The lowest BCUT2D eigenvalue weighted by Gasteiger charge is -2.26. The van der Waals surface area contributed by atoms with Crippen LogP contribution in [0, 0.1) is 51.8 Å². The molecule has 3 rings (SSSR count). The molecular formula is C32H35FN2O4. The van der Waals surface area contributed by atoms with E-state index in [-0.39, 0.29) is 22.6 Å². The lowest BCUT2D eigenvalue weighted by atomic mass is 9.86. The summed E-state index contributed by atoms with van der Waals surface area (Å²) in [7, 11) is 0. The molecule has 1 heterocycles. The number of nitrogens with zero attached hydrogens (tertiary/aromatic N) is 1. The van der Waals surface area contributed by atoms with E-state index in [1.165, 1.54) is 10.6 Å². The number of hydrogen-bond acceptors (Lipinski definition) is 3. The van der Waals surface area contributed by atoms with Crippen molar-refractivity contribution in [3.8, 4) is 23.5 Å². The largest absolute Gasteiger partial charge is 0.481 e. The third-order valence-electron chi connectivity index (χ3n) is 6.93. The molecule has 2 N–H and O–H groups in total. The first kappa shape index (κ1) is 29.4. The fraction of sp³-hybridized carbons (Fsp3) is 0.344. The first-order valence-corrected chi connectivity index (χ1v) is 12.9. The van der Waals surface area contributed by atoms with Crippen LogP contribution in [0.4, 0.5) is 4.39 Å². The summed E-state index contributed by atoms with van der Waals surface area (Å²) in [5, 5.41) is 12.5. The Balaban J connectivity index is 2.17. The average molecular weight is 531 g/mol. The van der Waals surface area contributed by atoms with Gasteiger partial charge in [0.15, 0.2) is 0 Å². The Bertz CT molecular complexity index is 1490. The zero-order valence-electron chi connectivity index (χ0n) is 23.3. The van der Waals surface area contributed by atoms with Gasteiger partial charge in [0.2, 0.25) is 5.91 Å². The van der Waals surface area contributed by atoms with E-state index in [4.69, 9.17) is 6.42 Å². The minimum absolute atomic E-state index is 0.0273. The predicted molar refractivity (Wildman–Crippen MR) is 151 cm³/mol. The van der Waals surface area contributed by atoms with Gasteiger partial charge >= 0.3 is 5.97 Å². The van der Waals surface area contributed by atoms with Gasteiger partial charge in [-0.25, -0.2) is 4.39 Å². The van der Waals surface area contributed by atoms with E-state index in [0.29, 0.717) is 17.5 Å². The molecule has 0 spiro atoms. The lowest BCUT2D eigenvalue weighted by Crippen LogP contribution is -2.40. The Kier molecular flexibility index (Phi) is 9.13. The van der Waals surface area contributed by atoms with Crippen LogP contribution in [0.25, 0.3) is 11.1 Å². The van der Waals surface area contributed by atoms with Crippen molar-refractivity contribution in [3.63, 3.8) is 0 Å². The fourth-order valence-electron chi connectivity index (χ4n) is 5.02. The van der Waals surface area contributed by atoms with Crippen LogP contribution in [0.5, 0.6) is 0 Å². The summed E-state index contributed by atoms with van der Waals surface area (Å²) in [4.78, 5) is 38.3. The number of hydrogen-bond donors (Lipinski definition) is 2. The maximum atomic E-state index is 15.8. The van der Waals surface area contributed by atoms with Crippen LogP contribution in [-0.2, 0) is 9.59 Å². The van der Waals surface area contributed by atoms with Crippen molar-refractivity contribution in [2.24, 2.45) is 5.92 Å². The molecule has 39 heavy (non-hydrogen) atoms. The van der Waals surface area contributed by atoms with Crippen molar-refractivity contribution in [1.29, 1.82) is 0 Å². The number of rotatable bonds is 9. The van der Waals surface area contributed by atoms with E-state index in [2.05, 4.69) is 11.2 Å². The van der Waals surface area contributed by atoms with Gasteiger partial charge in [0, 0.05) is 29.0 Å². The number of terminal acetylenes is 1. The average Bonchev–Trinajstić information content (AvgIpc) is 2.84. The van der Waals surface area contributed by atoms with Crippen LogP contribution < -0.4 is 10.9 Å². The fourth-order valence-corrected chi connectivity index (χ4v) is 5.02. The van der Waals surface area contributed by atoms with Gasteiger partial charge in [-0.1, -0.05) is 38.0 Å². The number of carbonyl (C=O) groups is 2. The highest BCUT2D eigenvalue weighted by atomic mass is 19.1. The number of halogens is 1. The molecule has 3 aromatic rings. The third-order valence-corrected chi connectivity index (χ3v) is 6.93. The van der Waals surface area contributed by atoms with Crippen LogP contribution in [0.1, 0.15) is 72.2 Å². The molecule has 0 radical (unpaired) electrons. The van der Waals surface area contributed by atoms with E-state index >= 15 is 4.39 Å². The molecule has 1 aromatic heterocycles. The third kappa shape index (κ3) is 6.46. The SMILES string of the molecule is C#Cc1c(-c2c(C)cccc2C)cc([C@@H](CC(=O)O)NC(=O)[C@H](CC(C)C)n2ccc(C)cc2=O)c(F)c1C. The van der Waals surface area contributed by atoms with Crippen molar-refractivity contribution >= 4 is 11.9 Å². The van der Waals surface area contributed by atoms with E-state index in [9.17, 15) is 19.5 Å². The second-order valence-electron chi connectivity index (χ2n) is 10.5. The molecular weight excluding hydrogens is 495 g/mol. The molecule has 204 valence electrons. The second-order valence-corrected chi connectivity index (χ2v) is 10.5. The summed E-state index contributed by atoms with van der Waals surface area (Å²) in [6, 6.07) is 8.39. The molecule has 0 unspecified atom stereocenters. The van der Waals surface area contributed by atoms with Gasteiger partial charge in [-0.2, -0.15) is 0 Å². The summed E-state index contributed by atoms with van der Waals surface area (Å²) < 4.78 is 17.2. The monoisotopic (exact) mass is 530 g/mol.